The first-order valence-electron chi connectivity index (χ1n) is 8.75. The Kier molecular flexibility index (Phi) is 5.71. The van der Waals surface area contributed by atoms with Crippen molar-refractivity contribution < 1.29 is 9.53 Å². The SMILES string of the molecule is COc1ccccc1CCN(C)C(=O)/C=C/c1cc2ccccc2[nH]c1=O. The topological polar surface area (TPSA) is 62.4 Å². The average Bonchev–Trinajstić information content (AvgIpc) is 2.70. The van der Waals surface area contributed by atoms with Crippen LogP contribution in [0.3, 0.4) is 0 Å². The second-order valence-electron chi connectivity index (χ2n) is 6.30. The number of amides is 1. The van der Waals surface area contributed by atoms with Gasteiger partial charge >= 0.3 is 0 Å². The summed E-state index contributed by atoms with van der Waals surface area (Å²) in [5.74, 6) is 0.661. The van der Waals surface area contributed by atoms with Gasteiger partial charge in [-0.25, -0.2) is 0 Å². The fraction of sp³-hybridized carbons (Fsp3) is 0.182. The molecule has 0 aliphatic rings. The number of benzene rings is 2. The number of H-pyrrole nitrogens is 1. The highest BCUT2D eigenvalue weighted by Crippen LogP contribution is 2.18. The second kappa shape index (κ2) is 8.36. The van der Waals surface area contributed by atoms with Gasteiger partial charge in [-0.3, -0.25) is 9.59 Å². The van der Waals surface area contributed by atoms with Crippen molar-refractivity contribution in [1.29, 1.82) is 0 Å². The number of pyridine rings is 1. The number of hydrogen-bond acceptors (Lipinski definition) is 3. The number of carbonyl (C=O) groups is 1. The first-order chi connectivity index (χ1) is 13.1. The van der Waals surface area contributed by atoms with Crippen molar-refractivity contribution in [3.63, 3.8) is 0 Å². The number of para-hydroxylation sites is 2. The molecule has 0 atom stereocenters. The Balaban J connectivity index is 1.67. The van der Waals surface area contributed by atoms with Crippen LogP contribution in [0.1, 0.15) is 11.1 Å². The summed E-state index contributed by atoms with van der Waals surface area (Å²) >= 11 is 0. The molecule has 1 N–H and O–H groups in total. The minimum absolute atomic E-state index is 0.155. The Morgan fingerprint density at radius 3 is 2.70 bits per heavy atom. The fourth-order valence-electron chi connectivity index (χ4n) is 2.88. The lowest BCUT2D eigenvalue weighted by molar-refractivity contribution is -0.124. The van der Waals surface area contributed by atoms with Gasteiger partial charge in [0.2, 0.25) is 5.91 Å². The molecule has 2 aromatic carbocycles. The summed E-state index contributed by atoms with van der Waals surface area (Å²) in [6, 6.07) is 17.1. The second-order valence-corrected chi connectivity index (χ2v) is 6.30. The van der Waals surface area contributed by atoms with E-state index in [-0.39, 0.29) is 11.5 Å². The van der Waals surface area contributed by atoms with Gasteiger partial charge in [0.15, 0.2) is 0 Å². The lowest BCUT2D eigenvalue weighted by Gasteiger charge is -2.16. The van der Waals surface area contributed by atoms with Gasteiger partial charge in [0.1, 0.15) is 5.75 Å². The standard InChI is InChI=1S/C22H22N2O3/c1-24(14-13-16-7-4-6-10-20(16)27-2)21(25)12-11-18-15-17-8-3-5-9-19(17)23-22(18)26/h3-12,15H,13-14H2,1-2H3,(H,23,26)/b12-11+. The maximum atomic E-state index is 12.4. The van der Waals surface area contributed by atoms with Gasteiger partial charge in [0, 0.05) is 30.7 Å². The maximum absolute atomic E-state index is 12.4. The number of aromatic amines is 1. The molecule has 5 heteroatoms. The summed E-state index contributed by atoms with van der Waals surface area (Å²) < 4.78 is 5.34. The van der Waals surface area contributed by atoms with Crippen LogP contribution >= 0.6 is 0 Å². The number of aromatic nitrogens is 1. The fourth-order valence-corrected chi connectivity index (χ4v) is 2.88. The maximum Gasteiger partial charge on any atom is 0.255 e. The van der Waals surface area contributed by atoms with Gasteiger partial charge in [-0.15, -0.1) is 0 Å². The number of rotatable bonds is 6. The molecule has 0 unspecified atom stereocenters. The van der Waals surface area contributed by atoms with E-state index in [9.17, 15) is 9.59 Å². The molecule has 5 nitrogen and oxygen atoms in total. The van der Waals surface area contributed by atoms with Crippen LogP contribution in [0, 0.1) is 0 Å². The van der Waals surface area contributed by atoms with Crippen molar-refractivity contribution in [1.82, 2.24) is 9.88 Å². The molecule has 1 amide bonds. The minimum atomic E-state index is -0.213. The third-order valence-electron chi connectivity index (χ3n) is 4.47. The Hall–Kier alpha value is -3.34. The summed E-state index contributed by atoms with van der Waals surface area (Å²) in [6.45, 7) is 0.553. The lowest BCUT2D eigenvalue weighted by atomic mass is 10.1. The average molecular weight is 362 g/mol. The third kappa shape index (κ3) is 4.44. The van der Waals surface area contributed by atoms with E-state index >= 15 is 0 Å². The Labute approximate surface area is 157 Å². The van der Waals surface area contributed by atoms with E-state index in [1.807, 2.05) is 48.5 Å². The Morgan fingerprint density at radius 2 is 1.89 bits per heavy atom. The van der Waals surface area contributed by atoms with Gasteiger partial charge in [-0.1, -0.05) is 36.4 Å². The van der Waals surface area contributed by atoms with E-state index in [0.29, 0.717) is 18.5 Å². The zero-order valence-corrected chi connectivity index (χ0v) is 15.4. The van der Waals surface area contributed by atoms with Crippen LogP contribution in [-0.2, 0) is 11.2 Å². The van der Waals surface area contributed by atoms with Crippen LogP contribution in [0.2, 0.25) is 0 Å². The van der Waals surface area contributed by atoms with Crippen molar-refractivity contribution >= 4 is 22.9 Å². The molecule has 0 radical (unpaired) electrons. The first kappa shape index (κ1) is 18.5. The van der Waals surface area contributed by atoms with Gasteiger partial charge < -0.3 is 14.6 Å². The van der Waals surface area contributed by atoms with Crippen LogP contribution < -0.4 is 10.3 Å². The largest absolute Gasteiger partial charge is 0.496 e. The number of likely N-dealkylation sites (N-methyl/N-ethyl adjacent to an activating group) is 1. The molecule has 0 spiro atoms. The summed E-state index contributed by atoms with van der Waals surface area (Å²) in [5, 5.41) is 0.925. The molecule has 3 rings (SSSR count). The molecule has 1 heterocycles. The van der Waals surface area contributed by atoms with E-state index in [2.05, 4.69) is 4.98 Å². The molecular weight excluding hydrogens is 340 g/mol. The molecule has 0 fully saturated rings. The van der Waals surface area contributed by atoms with Crippen LogP contribution in [0.4, 0.5) is 0 Å². The first-order valence-corrected chi connectivity index (χ1v) is 8.75. The van der Waals surface area contributed by atoms with Gasteiger partial charge in [0.25, 0.3) is 5.56 Å². The number of nitrogens with zero attached hydrogens (tertiary/aromatic N) is 1. The predicted octanol–water partition coefficient (Wildman–Crippen LogP) is 3.25. The number of hydrogen-bond donors (Lipinski definition) is 1. The van der Waals surface area contributed by atoms with E-state index in [1.54, 1.807) is 31.2 Å². The number of ether oxygens (including phenoxy) is 1. The predicted molar refractivity (Wildman–Crippen MR) is 108 cm³/mol. The number of methoxy groups -OCH3 is 1. The van der Waals surface area contributed by atoms with Crippen molar-refractivity contribution in [2.45, 2.75) is 6.42 Å². The van der Waals surface area contributed by atoms with Gasteiger partial charge in [0.05, 0.1) is 7.11 Å². The van der Waals surface area contributed by atoms with Crippen LogP contribution in [-0.4, -0.2) is 36.5 Å². The molecule has 1 aromatic heterocycles. The van der Waals surface area contributed by atoms with Crippen molar-refractivity contribution in [3.8, 4) is 5.75 Å². The highest BCUT2D eigenvalue weighted by Gasteiger charge is 2.08. The molecule has 0 saturated heterocycles. The Bertz CT molecular complexity index is 1040. The molecule has 3 aromatic rings. The molecule has 0 saturated carbocycles. The van der Waals surface area contributed by atoms with E-state index in [1.165, 1.54) is 6.08 Å². The smallest absolute Gasteiger partial charge is 0.255 e. The quantitative estimate of drug-likeness (QED) is 0.685. The lowest BCUT2D eigenvalue weighted by Crippen LogP contribution is -2.27. The minimum Gasteiger partial charge on any atom is -0.496 e. The van der Waals surface area contributed by atoms with Gasteiger partial charge in [-0.05, 0) is 41.6 Å². The van der Waals surface area contributed by atoms with Crippen LogP contribution in [0.15, 0.2) is 65.5 Å². The van der Waals surface area contributed by atoms with E-state index in [4.69, 9.17) is 4.74 Å². The van der Waals surface area contributed by atoms with Crippen molar-refractivity contribution in [2.75, 3.05) is 20.7 Å². The zero-order chi connectivity index (χ0) is 19.2. The summed E-state index contributed by atoms with van der Waals surface area (Å²) in [5.41, 5.74) is 2.07. The molecule has 138 valence electrons. The molecular formula is C22H22N2O3. The molecule has 0 aliphatic carbocycles. The van der Waals surface area contributed by atoms with Gasteiger partial charge in [-0.2, -0.15) is 0 Å². The molecule has 0 bridgehead atoms. The monoisotopic (exact) mass is 362 g/mol. The third-order valence-corrected chi connectivity index (χ3v) is 4.47. The highest BCUT2D eigenvalue weighted by atomic mass is 16.5. The van der Waals surface area contributed by atoms with E-state index in [0.717, 1.165) is 22.2 Å². The Morgan fingerprint density at radius 1 is 1.15 bits per heavy atom. The highest BCUT2D eigenvalue weighted by molar-refractivity contribution is 5.92. The molecule has 27 heavy (non-hydrogen) atoms. The van der Waals surface area contributed by atoms with Crippen molar-refractivity contribution in [2.24, 2.45) is 0 Å². The number of fused-ring (bicyclic) bond motifs is 1. The van der Waals surface area contributed by atoms with Crippen molar-refractivity contribution in [3.05, 3.63) is 82.2 Å². The summed E-state index contributed by atoms with van der Waals surface area (Å²) in [4.78, 5) is 29.0. The number of carbonyl (C=O) groups excluding carboxylic acids is 1. The summed E-state index contributed by atoms with van der Waals surface area (Å²) in [6.07, 6.45) is 3.69. The van der Waals surface area contributed by atoms with Crippen LogP contribution in [0.25, 0.3) is 17.0 Å². The van der Waals surface area contributed by atoms with Crippen LogP contribution in [0.5, 0.6) is 5.75 Å². The normalized spacial score (nSPS) is 11.0. The molecule has 0 aliphatic heterocycles. The number of nitrogens with one attached hydrogen (secondary N) is 1. The summed E-state index contributed by atoms with van der Waals surface area (Å²) in [7, 11) is 3.38. The van der Waals surface area contributed by atoms with E-state index < -0.39 is 0 Å². The zero-order valence-electron chi connectivity index (χ0n) is 15.4.